The molecule has 0 fully saturated rings. The molecule has 0 saturated heterocycles. The van der Waals surface area contributed by atoms with Crippen LogP contribution in [0.3, 0.4) is 0 Å². The fourth-order valence-corrected chi connectivity index (χ4v) is 2.88. The van der Waals surface area contributed by atoms with Crippen LogP contribution in [-0.2, 0) is 11.3 Å². The third-order valence-corrected chi connectivity index (χ3v) is 3.83. The van der Waals surface area contributed by atoms with Crippen LogP contribution in [0.25, 0.3) is 10.2 Å². The second-order valence-electron chi connectivity index (χ2n) is 3.93. The summed E-state index contributed by atoms with van der Waals surface area (Å²) in [4.78, 5) is 0.505. The monoisotopic (exact) mass is 282 g/mol. The Bertz CT molecular complexity index is 618. The Hall–Kier alpha value is -1.53. The fourth-order valence-electron chi connectivity index (χ4n) is 1.93. The molecule has 104 valence electrons. The molecule has 1 aromatic heterocycles. The molecule has 0 radical (unpaired) electrons. The van der Waals surface area contributed by atoms with Gasteiger partial charge in [-0.05, 0) is 6.92 Å². The number of rotatable bonds is 6. The van der Waals surface area contributed by atoms with Crippen molar-refractivity contribution < 1.29 is 14.2 Å². The van der Waals surface area contributed by atoms with Crippen molar-refractivity contribution in [3.05, 3.63) is 16.9 Å². The number of benzene rings is 1. The van der Waals surface area contributed by atoms with Crippen molar-refractivity contribution in [2.24, 2.45) is 0 Å². The average molecular weight is 282 g/mol. The van der Waals surface area contributed by atoms with E-state index in [2.05, 4.69) is 0 Å². The molecule has 0 unspecified atom stereocenters. The zero-order chi connectivity index (χ0) is 13.8. The SMILES string of the molecule is CCOCCn1c(=N)sc2cc(OC)c(OC)cc21. The predicted molar refractivity (Wildman–Crippen MR) is 75.3 cm³/mol. The molecule has 0 amide bonds. The van der Waals surface area contributed by atoms with Gasteiger partial charge in [-0.15, -0.1) is 0 Å². The molecule has 2 aromatic rings. The van der Waals surface area contributed by atoms with Gasteiger partial charge in [-0.25, -0.2) is 0 Å². The van der Waals surface area contributed by atoms with Crippen LogP contribution < -0.4 is 14.3 Å². The topological polar surface area (TPSA) is 56.5 Å². The van der Waals surface area contributed by atoms with Crippen molar-refractivity contribution in [2.75, 3.05) is 27.4 Å². The summed E-state index contributed by atoms with van der Waals surface area (Å²) in [5, 5.41) is 8.03. The van der Waals surface area contributed by atoms with Gasteiger partial charge in [-0.1, -0.05) is 11.3 Å². The Labute approximate surface area is 115 Å². The summed E-state index contributed by atoms with van der Waals surface area (Å²) in [7, 11) is 3.23. The van der Waals surface area contributed by atoms with E-state index in [1.54, 1.807) is 14.2 Å². The number of nitrogens with zero attached hydrogens (tertiary/aromatic N) is 1. The van der Waals surface area contributed by atoms with Gasteiger partial charge in [0.2, 0.25) is 0 Å². The van der Waals surface area contributed by atoms with E-state index in [-0.39, 0.29) is 0 Å². The molecule has 0 aliphatic carbocycles. The maximum absolute atomic E-state index is 8.03. The molecule has 1 heterocycles. The number of methoxy groups -OCH3 is 2. The lowest BCUT2D eigenvalue weighted by Gasteiger charge is -2.09. The number of thiazole rings is 1. The van der Waals surface area contributed by atoms with Gasteiger partial charge in [-0.3, -0.25) is 5.41 Å². The highest BCUT2D eigenvalue weighted by molar-refractivity contribution is 7.16. The quantitative estimate of drug-likeness (QED) is 0.827. The summed E-state index contributed by atoms with van der Waals surface area (Å²) in [6, 6.07) is 3.82. The van der Waals surface area contributed by atoms with Gasteiger partial charge in [0.05, 0.1) is 31.0 Å². The minimum Gasteiger partial charge on any atom is -0.493 e. The van der Waals surface area contributed by atoms with E-state index < -0.39 is 0 Å². The first-order valence-electron chi connectivity index (χ1n) is 6.09. The van der Waals surface area contributed by atoms with E-state index in [0.29, 0.717) is 36.1 Å². The van der Waals surface area contributed by atoms with Gasteiger partial charge < -0.3 is 18.8 Å². The van der Waals surface area contributed by atoms with Crippen LogP contribution in [-0.4, -0.2) is 32.0 Å². The Balaban J connectivity index is 2.46. The van der Waals surface area contributed by atoms with E-state index >= 15 is 0 Å². The molecule has 0 saturated carbocycles. The highest BCUT2D eigenvalue weighted by atomic mass is 32.1. The van der Waals surface area contributed by atoms with Gasteiger partial charge in [0.25, 0.3) is 0 Å². The minimum absolute atomic E-state index is 0.505. The zero-order valence-corrected chi connectivity index (χ0v) is 12.2. The predicted octanol–water partition coefficient (Wildman–Crippen LogP) is 2.24. The smallest absolute Gasteiger partial charge is 0.182 e. The van der Waals surface area contributed by atoms with E-state index in [1.807, 2.05) is 23.6 Å². The maximum Gasteiger partial charge on any atom is 0.182 e. The van der Waals surface area contributed by atoms with Gasteiger partial charge in [0, 0.05) is 25.3 Å². The summed E-state index contributed by atoms with van der Waals surface area (Å²) < 4.78 is 18.9. The number of fused-ring (bicyclic) bond motifs is 1. The average Bonchev–Trinajstić information content (AvgIpc) is 2.73. The molecule has 1 aromatic carbocycles. The van der Waals surface area contributed by atoms with Gasteiger partial charge >= 0.3 is 0 Å². The highest BCUT2D eigenvalue weighted by Gasteiger charge is 2.11. The molecule has 6 heteroatoms. The van der Waals surface area contributed by atoms with Gasteiger partial charge in [0.1, 0.15) is 0 Å². The molecule has 0 aliphatic rings. The molecule has 5 nitrogen and oxygen atoms in total. The van der Waals surface area contributed by atoms with Crippen LogP contribution in [0, 0.1) is 5.41 Å². The van der Waals surface area contributed by atoms with E-state index in [1.165, 1.54) is 11.3 Å². The van der Waals surface area contributed by atoms with Crippen LogP contribution >= 0.6 is 11.3 Å². The number of ether oxygens (including phenoxy) is 3. The molecule has 1 N–H and O–H groups in total. The first kappa shape index (κ1) is 13.9. The van der Waals surface area contributed by atoms with E-state index in [0.717, 1.165) is 10.2 Å². The maximum atomic E-state index is 8.03. The number of nitrogens with one attached hydrogen (secondary N) is 1. The third-order valence-electron chi connectivity index (χ3n) is 2.87. The van der Waals surface area contributed by atoms with Crippen LogP contribution in [0.4, 0.5) is 0 Å². The molecule has 19 heavy (non-hydrogen) atoms. The van der Waals surface area contributed by atoms with Crippen LogP contribution in [0.1, 0.15) is 6.92 Å². The summed E-state index contributed by atoms with van der Waals surface area (Å²) in [6.45, 7) is 3.92. The Morgan fingerprint density at radius 3 is 2.53 bits per heavy atom. The van der Waals surface area contributed by atoms with Gasteiger partial charge in [-0.2, -0.15) is 0 Å². The summed E-state index contributed by atoms with van der Waals surface area (Å²) in [6.07, 6.45) is 0. The molecular formula is C13H18N2O3S. The van der Waals surface area contributed by atoms with E-state index in [9.17, 15) is 0 Å². The molecule has 0 aliphatic heterocycles. The van der Waals surface area contributed by atoms with Crippen molar-refractivity contribution >= 4 is 21.6 Å². The Morgan fingerprint density at radius 2 is 1.89 bits per heavy atom. The number of aromatic nitrogens is 1. The van der Waals surface area contributed by atoms with E-state index in [4.69, 9.17) is 19.6 Å². The minimum atomic E-state index is 0.505. The second-order valence-corrected chi connectivity index (χ2v) is 4.96. The van der Waals surface area contributed by atoms with Gasteiger partial charge in [0.15, 0.2) is 16.3 Å². The lowest BCUT2D eigenvalue weighted by atomic mass is 10.3. The standard InChI is InChI=1S/C13H18N2O3S/c1-4-18-6-5-15-9-7-10(16-2)11(17-3)8-12(9)19-13(15)14/h7-8,14H,4-6H2,1-3H3. The van der Waals surface area contributed by atoms with Crippen molar-refractivity contribution in [3.63, 3.8) is 0 Å². The first-order valence-corrected chi connectivity index (χ1v) is 6.90. The number of hydrogen-bond donors (Lipinski definition) is 1. The largest absolute Gasteiger partial charge is 0.493 e. The lowest BCUT2D eigenvalue weighted by Crippen LogP contribution is -2.16. The summed E-state index contributed by atoms with van der Waals surface area (Å²) >= 11 is 1.42. The summed E-state index contributed by atoms with van der Waals surface area (Å²) in [5.74, 6) is 1.37. The summed E-state index contributed by atoms with van der Waals surface area (Å²) in [5.41, 5.74) is 0.979. The van der Waals surface area contributed by atoms with Crippen LogP contribution in [0.15, 0.2) is 12.1 Å². The Kier molecular flexibility index (Phi) is 4.44. The molecule has 0 spiro atoms. The van der Waals surface area contributed by atoms with Crippen molar-refractivity contribution in [2.45, 2.75) is 13.5 Å². The van der Waals surface area contributed by atoms with Crippen LogP contribution in [0.2, 0.25) is 0 Å². The molecular weight excluding hydrogens is 264 g/mol. The van der Waals surface area contributed by atoms with Crippen molar-refractivity contribution in [1.82, 2.24) is 4.57 Å². The first-order chi connectivity index (χ1) is 9.21. The third kappa shape index (κ3) is 2.74. The normalized spacial score (nSPS) is 10.9. The van der Waals surface area contributed by atoms with Crippen molar-refractivity contribution in [3.8, 4) is 11.5 Å². The highest BCUT2D eigenvalue weighted by Crippen LogP contribution is 2.33. The van der Waals surface area contributed by atoms with Crippen molar-refractivity contribution in [1.29, 1.82) is 5.41 Å². The molecule has 0 bridgehead atoms. The van der Waals surface area contributed by atoms with Crippen LogP contribution in [0.5, 0.6) is 11.5 Å². The fraction of sp³-hybridized carbons (Fsp3) is 0.462. The number of hydrogen-bond acceptors (Lipinski definition) is 5. The molecule has 2 rings (SSSR count). The molecule has 0 atom stereocenters. The second kappa shape index (κ2) is 6.08. The lowest BCUT2D eigenvalue weighted by molar-refractivity contribution is 0.139. The Morgan fingerprint density at radius 1 is 1.21 bits per heavy atom. The zero-order valence-electron chi connectivity index (χ0n) is 11.4.